The van der Waals surface area contributed by atoms with Crippen LogP contribution in [-0.2, 0) is 0 Å². The summed E-state index contributed by atoms with van der Waals surface area (Å²) in [5, 5.41) is 31.1. The Morgan fingerprint density at radius 1 is 1.13 bits per heavy atom. The largest absolute Gasteiger partial charge is 0.493 e. The Labute approximate surface area is 134 Å². The van der Waals surface area contributed by atoms with E-state index in [-0.39, 0.29) is 21.8 Å². The van der Waals surface area contributed by atoms with Crippen molar-refractivity contribution in [2.24, 2.45) is 0 Å². The molecule has 0 atom stereocenters. The molecule has 0 aliphatic carbocycles. The Morgan fingerprint density at radius 2 is 1.83 bits per heavy atom. The third-order valence-corrected chi connectivity index (χ3v) is 4.01. The van der Waals surface area contributed by atoms with Crippen molar-refractivity contribution in [3.05, 3.63) is 63.4 Å². The minimum Gasteiger partial charge on any atom is -0.493 e. The molecule has 2 heterocycles. The second kappa shape index (κ2) is 5.76. The summed E-state index contributed by atoms with van der Waals surface area (Å²) in [6.45, 7) is 0. The lowest BCUT2D eigenvalue weighted by Crippen LogP contribution is -2.23. The van der Waals surface area contributed by atoms with E-state index in [0.29, 0.717) is 5.56 Å². The quantitative estimate of drug-likeness (QED) is 0.781. The van der Waals surface area contributed by atoms with E-state index in [1.54, 1.807) is 35.7 Å². The fourth-order valence-corrected chi connectivity index (χ4v) is 2.91. The Balaban J connectivity index is 2.47. The van der Waals surface area contributed by atoms with Crippen LogP contribution >= 0.6 is 11.3 Å². The smallest absolute Gasteiger partial charge is 0.278 e. The standard InChI is InChI=1S/C16H8N4O2S/c17-8-11-13(10-4-2-1-3-5-10)12(9-18)15(22)20(14(11)21)16-19-6-7-23-16/h1-7,21H. The summed E-state index contributed by atoms with van der Waals surface area (Å²) in [5.41, 5.74) is -0.411. The minimum absolute atomic E-state index is 0.130. The highest BCUT2D eigenvalue weighted by Crippen LogP contribution is 2.32. The van der Waals surface area contributed by atoms with Gasteiger partial charge in [0.05, 0.1) is 0 Å². The number of rotatable bonds is 2. The number of aromatic hydroxyl groups is 1. The van der Waals surface area contributed by atoms with Crippen molar-refractivity contribution in [2.75, 3.05) is 0 Å². The van der Waals surface area contributed by atoms with Crippen LogP contribution in [0.3, 0.4) is 0 Å². The molecule has 3 rings (SSSR count). The molecule has 0 spiro atoms. The molecule has 0 saturated heterocycles. The molecular weight excluding hydrogens is 312 g/mol. The molecular formula is C16H8N4O2S. The second-order valence-corrected chi connectivity index (χ2v) is 5.37. The van der Waals surface area contributed by atoms with E-state index in [0.717, 1.165) is 15.9 Å². The summed E-state index contributed by atoms with van der Waals surface area (Å²) in [5.74, 6) is -0.523. The van der Waals surface area contributed by atoms with E-state index in [4.69, 9.17) is 0 Å². The van der Waals surface area contributed by atoms with Gasteiger partial charge >= 0.3 is 0 Å². The highest BCUT2D eigenvalue weighted by Gasteiger charge is 2.24. The molecule has 6 nitrogen and oxygen atoms in total. The maximum absolute atomic E-state index is 12.6. The van der Waals surface area contributed by atoms with E-state index in [1.807, 2.05) is 12.1 Å². The van der Waals surface area contributed by atoms with Crippen LogP contribution in [0.5, 0.6) is 5.88 Å². The van der Waals surface area contributed by atoms with Crippen molar-refractivity contribution in [1.29, 1.82) is 10.5 Å². The molecule has 0 saturated carbocycles. The molecule has 7 heteroatoms. The van der Waals surface area contributed by atoms with Gasteiger partial charge in [-0.1, -0.05) is 30.3 Å². The Morgan fingerprint density at radius 3 is 2.39 bits per heavy atom. The molecule has 1 aromatic carbocycles. The van der Waals surface area contributed by atoms with Gasteiger partial charge in [-0.2, -0.15) is 10.5 Å². The van der Waals surface area contributed by atoms with E-state index in [9.17, 15) is 20.4 Å². The van der Waals surface area contributed by atoms with Gasteiger partial charge in [0.1, 0.15) is 23.3 Å². The van der Waals surface area contributed by atoms with E-state index in [2.05, 4.69) is 4.98 Å². The van der Waals surface area contributed by atoms with Gasteiger partial charge in [-0.15, -0.1) is 11.3 Å². The predicted octanol–water partition coefficient (Wildman–Crippen LogP) is 2.41. The zero-order valence-electron chi connectivity index (χ0n) is 11.6. The van der Waals surface area contributed by atoms with Gasteiger partial charge < -0.3 is 5.11 Å². The van der Waals surface area contributed by atoms with Crippen LogP contribution in [-0.4, -0.2) is 14.7 Å². The third kappa shape index (κ3) is 2.26. The summed E-state index contributed by atoms with van der Waals surface area (Å²) in [6.07, 6.45) is 1.47. The van der Waals surface area contributed by atoms with Crippen LogP contribution in [0.1, 0.15) is 11.1 Å². The predicted molar refractivity (Wildman–Crippen MR) is 84.2 cm³/mol. The van der Waals surface area contributed by atoms with Crippen LogP contribution in [0, 0.1) is 22.7 Å². The molecule has 2 aromatic heterocycles. The summed E-state index contributed by atoms with van der Waals surface area (Å²) < 4.78 is 0.883. The fourth-order valence-electron chi connectivity index (χ4n) is 2.27. The molecule has 0 amide bonds. The van der Waals surface area contributed by atoms with Crippen molar-refractivity contribution < 1.29 is 5.11 Å². The van der Waals surface area contributed by atoms with E-state index >= 15 is 0 Å². The van der Waals surface area contributed by atoms with Crippen molar-refractivity contribution in [1.82, 2.24) is 9.55 Å². The SMILES string of the molecule is N#Cc1c(-c2ccccc2)c(C#N)c(=O)n(-c2nccs2)c1O. The number of hydrogen-bond acceptors (Lipinski definition) is 6. The summed E-state index contributed by atoms with van der Waals surface area (Å²) >= 11 is 1.12. The number of pyridine rings is 1. The molecule has 0 aliphatic heterocycles. The number of thiazole rings is 1. The Bertz CT molecular complexity index is 1010. The van der Waals surface area contributed by atoms with E-state index < -0.39 is 11.4 Å². The molecule has 0 fully saturated rings. The van der Waals surface area contributed by atoms with Crippen LogP contribution in [0.25, 0.3) is 16.3 Å². The van der Waals surface area contributed by atoms with Crippen molar-refractivity contribution in [2.45, 2.75) is 0 Å². The maximum Gasteiger partial charge on any atom is 0.278 e. The minimum atomic E-state index is -0.710. The first kappa shape index (κ1) is 14.5. The van der Waals surface area contributed by atoms with Crippen molar-refractivity contribution in [3.8, 4) is 34.3 Å². The van der Waals surface area contributed by atoms with E-state index in [1.165, 1.54) is 6.20 Å². The monoisotopic (exact) mass is 320 g/mol. The first-order valence-electron chi connectivity index (χ1n) is 6.46. The highest BCUT2D eigenvalue weighted by molar-refractivity contribution is 7.12. The van der Waals surface area contributed by atoms with Crippen LogP contribution < -0.4 is 5.56 Å². The molecule has 0 bridgehead atoms. The normalized spacial score (nSPS) is 10.0. The molecule has 0 unspecified atom stereocenters. The third-order valence-electron chi connectivity index (χ3n) is 3.25. The molecule has 110 valence electrons. The summed E-state index contributed by atoms with van der Waals surface area (Å²) in [4.78, 5) is 16.6. The molecule has 23 heavy (non-hydrogen) atoms. The maximum atomic E-state index is 12.6. The first-order chi connectivity index (χ1) is 11.2. The average Bonchev–Trinajstić information content (AvgIpc) is 3.09. The first-order valence-corrected chi connectivity index (χ1v) is 7.34. The number of benzene rings is 1. The fraction of sp³-hybridized carbons (Fsp3) is 0. The van der Waals surface area contributed by atoms with Crippen LogP contribution in [0.2, 0.25) is 0 Å². The second-order valence-electron chi connectivity index (χ2n) is 4.49. The van der Waals surface area contributed by atoms with Gasteiger partial charge in [0.25, 0.3) is 5.56 Å². The Kier molecular flexibility index (Phi) is 3.63. The summed E-state index contributed by atoms with van der Waals surface area (Å²) in [7, 11) is 0. The van der Waals surface area contributed by atoms with Gasteiger partial charge in [0.2, 0.25) is 5.88 Å². The molecule has 3 aromatic rings. The molecule has 0 radical (unpaired) electrons. The van der Waals surface area contributed by atoms with Gasteiger partial charge in [-0.3, -0.25) is 4.79 Å². The highest BCUT2D eigenvalue weighted by atomic mass is 32.1. The zero-order valence-corrected chi connectivity index (χ0v) is 12.4. The lowest BCUT2D eigenvalue weighted by Gasteiger charge is -2.12. The number of aromatic nitrogens is 2. The summed E-state index contributed by atoms with van der Waals surface area (Å²) in [6, 6.07) is 12.3. The van der Waals surface area contributed by atoms with Gasteiger partial charge in [-0.05, 0) is 5.56 Å². The lowest BCUT2D eigenvalue weighted by molar-refractivity contribution is 0.433. The number of nitriles is 2. The average molecular weight is 320 g/mol. The van der Waals surface area contributed by atoms with Gasteiger partial charge in [-0.25, -0.2) is 9.55 Å². The van der Waals surface area contributed by atoms with Crippen LogP contribution in [0.4, 0.5) is 0 Å². The molecule has 0 aliphatic rings. The van der Waals surface area contributed by atoms with Crippen LogP contribution in [0.15, 0.2) is 46.7 Å². The van der Waals surface area contributed by atoms with Crippen molar-refractivity contribution in [3.63, 3.8) is 0 Å². The van der Waals surface area contributed by atoms with Crippen molar-refractivity contribution >= 4 is 11.3 Å². The Hall–Kier alpha value is -3.42. The zero-order chi connectivity index (χ0) is 16.4. The van der Waals surface area contributed by atoms with Gasteiger partial charge in [0.15, 0.2) is 5.13 Å². The lowest BCUT2D eigenvalue weighted by atomic mass is 9.97. The topological polar surface area (TPSA) is 103 Å². The molecule has 1 N–H and O–H groups in total. The number of nitrogens with zero attached hydrogens (tertiary/aromatic N) is 4. The number of hydrogen-bond donors (Lipinski definition) is 1. The van der Waals surface area contributed by atoms with Gasteiger partial charge in [0, 0.05) is 17.1 Å².